The minimum Gasteiger partial charge on any atom is -0.339 e. The van der Waals surface area contributed by atoms with Gasteiger partial charge in [-0.15, -0.1) is 0 Å². The molecule has 0 bridgehead atoms. The normalized spacial score (nSPS) is 31.6. The number of rotatable bonds is 2. The summed E-state index contributed by atoms with van der Waals surface area (Å²) in [5.41, 5.74) is 5.43. The maximum atomic E-state index is 11.8. The molecule has 1 amide bonds. The predicted molar refractivity (Wildman–Crippen MR) is 55.7 cm³/mol. The molecule has 1 aliphatic heterocycles. The van der Waals surface area contributed by atoms with E-state index in [1.54, 1.807) is 0 Å². The second kappa shape index (κ2) is 4.30. The van der Waals surface area contributed by atoms with Crippen molar-refractivity contribution in [2.75, 3.05) is 13.1 Å². The molecule has 0 aromatic heterocycles. The molecule has 0 aromatic carbocycles. The first-order chi connectivity index (χ1) is 6.83. The molecule has 14 heavy (non-hydrogen) atoms. The average Bonchev–Trinajstić information content (AvgIpc) is 2.65. The van der Waals surface area contributed by atoms with Gasteiger partial charge in [0.05, 0.1) is 0 Å². The Morgan fingerprint density at radius 1 is 1.29 bits per heavy atom. The van der Waals surface area contributed by atoms with Crippen molar-refractivity contribution in [3.63, 3.8) is 0 Å². The molecule has 0 spiro atoms. The molecule has 2 aliphatic rings. The van der Waals surface area contributed by atoms with E-state index in [-0.39, 0.29) is 5.91 Å². The Morgan fingerprint density at radius 2 is 2.07 bits per heavy atom. The summed E-state index contributed by atoms with van der Waals surface area (Å²) in [6, 6.07) is 0.558. The molecule has 1 saturated carbocycles. The van der Waals surface area contributed by atoms with Crippen LogP contribution in [0.3, 0.4) is 0 Å². The number of hydrogen-bond donors (Lipinski definition) is 1. The number of fused-ring (bicyclic) bond motifs is 1. The van der Waals surface area contributed by atoms with Crippen molar-refractivity contribution >= 4 is 5.91 Å². The van der Waals surface area contributed by atoms with Gasteiger partial charge in [0, 0.05) is 25.6 Å². The maximum absolute atomic E-state index is 11.8. The molecule has 1 heterocycles. The largest absolute Gasteiger partial charge is 0.339 e. The second-order valence-electron chi connectivity index (χ2n) is 4.53. The van der Waals surface area contributed by atoms with Crippen LogP contribution in [0.4, 0.5) is 0 Å². The number of nitrogens with zero attached hydrogens (tertiary/aromatic N) is 1. The van der Waals surface area contributed by atoms with Crippen molar-refractivity contribution in [1.82, 2.24) is 4.90 Å². The minimum absolute atomic E-state index is 0.282. The summed E-state index contributed by atoms with van der Waals surface area (Å²) >= 11 is 0. The lowest BCUT2D eigenvalue weighted by molar-refractivity contribution is -0.135. The fourth-order valence-electron chi connectivity index (χ4n) is 3.03. The molecule has 1 aliphatic carbocycles. The van der Waals surface area contributed by atoms with Gasteiger partial charge in [0.1, 0.15) is 0 Å². The first kappa shape index (κ1) is 9.97. The smallest absolute Gasteiger partial charge is 0.224 e. The molecule has 3 nitrogen and oxygen atoms in total. The molecule has 2 fully saturated rings. The van der Waals surface area contributed by atoms with Gasteiger partial charge < -0.3 is 10.6 Å². The topological polar surface area (TPSA) is 46.3 Å². The zero-order valence-corrected chi connectivity index (χ0v) is 8.74. The molecule has 0 radical (unpaired) electrons. The van der Waals surface area contributed by atoms with Gasteiger partial charge in [-0.1, -0.05) is 6.42 Å². The second-order valence-corrected chi connectivity index (χ2v) is 4.53. The Bertz CT molecular complexity index is 217. The molecule has 2 rings (SSSR count). The summed E-state index contributed by atoms with van der Waals surface area (Å²) < 4.78 is 0. The fourth-order valence-corrected chi connectivity index (χ4v) is 3.03. The summed E-state index contributed by atoms with van der Waals surface area (Å²) in [6.45, 7) is 1.46. The number of carbonyl (C=O) groups is 1. The quantitative estimate of drug-likeness (QED) is 0.719. The Labute approximate surface area is 85.6 Å². The third-order valence-electron chi connectivity index (χ3n) is 3.67. The molecular weight excluding hydrogens is 176 g/mol. The van der Waals surface area contributed by atoms with Crippen LogP contribution in [0.15, 0.2) is 0 Å². The number of nitrogens with two attached hydrogens (primary N) is 1. The van der Waals surface area contributed by atoms with Crippen LogP contribution in [-0.4, -0.2) is 29.9 Å². The zero-order valence-electron chi connectivity index (χ0n) is 8.74. The summed E-state index contributed by atoms with van der Waals surface area (Å²) in [5, 5.41) is 0. The van der Waals surface area contributed by atoms with Gasteiger partial charge in [0.15, 0.2) is 0 Å². The Morgan fingerprint density at radius 3 is 2.86 bits per heavy atom. The molecule has 2 atom stereocenters. The number of amides is 1. The predicted octanol–water partition coefficient (Wildman–Crippen LogP) is 1.13. The van der Waals surface area contributed by atoms with Crippen LogP contribution in [0.2, 0.25) is 0 Å². The first-order valence-corrected chi connectivity index (χ1v) is 5.82. The van der Waals surface area contributed by atoms with Crippen molar-refractivity contribution in [3.05, 3.63) is 0 Å². The van der Waals surface area contributed by atoms with Gasteiger partial charge in [0.2, 0.25) is 5.91 Å². The lowest BCUT2D eigenvalue weighted by atomic mass is 9.92. The lowest BCUT2D eigenvalue weighted by Gasteiger charge is -2.37. The summed E-state index contributed by atoms with van der Waals surface area (Å²) in [4.78, 5) is 13.9. The van der Waals surface area contributed by atoms with Crippen LogP contribution >= 0.6 is 0 Å². The standard InChI is InChI=1S/C11H20N2O/c12-7-6-11(14)13-8-2-4-9-3-1-5-10(9)13/h9-10H,1-8,12H2. The molecule has 1 saturated heterocycles. The van der Waals surface area contributed by atoms with Crippen LogP contribution in [-0.2, 0) is 4.79 Å². The Hall–Kier alpha value is -0.570. The van der Waals surface area contributed by atoms with E-state index >= 15 is 0 Å². The molecule has 3 heteroatoms. The van der Waals surface area contributed by atoms with Crippen molar-refractivity contribution in [1.29, 1.82) is 0 Å². The van der Waals surface area contributed by atoms with E-state index in [0.29, 0.717) is 19.0 Å². The van der Waals surface area contributed by atoms with Crippen molar-refractivity contribution in [3.8, 4) is 0 Å². The molecular formula is C11H20N2O. The number of likely N-dealkylation sites (tertiary alicyclic amines) is 1. The Balaban J connectivity index is 1.99. The highest BCUT2D eigenvalue weighted by Crippen LogP contribution is 2.36. The molecule has 2 N–H and O–H groups in total. The summed E-state index contributed by atoms with van der Waals surface area (Å²) in [6.07, 6.45) is 6.91. The van der Waals surface area contributed by atoms with Gasteiger partial charge in [-0.05, 0) is 31.6 Å². The minimum atomic E-state index is 0.282. The molecule has 2 unspecified atom stereocenters. The van der Waals surface area contributed by atoms with E-state index in [0.717, 1.165) is 12.5 Å². The van der Waals surface area contributed by atoms with E-state index < -0.39 is 0 Å². The summed E-state index contributed by atoms with van der Waals surface area (Å²) in [7, 11) is 0. The molecule has 80 valence electrons. The monoisotopic (exact) mass is 196 g/mol. The van der Waals surface area contributed by atoms with Gasteiger partial charge in [0.25, 0.3) is 0 Å². The Kier molecular flexibility index (Phi) is 3.06. The van der Waals surface area contributed by atoms with Crippen LogP contribution in [0, 0.1) is 5.92 Å². The third kappa shape index (κ3) is 1.78. The highest BCUT2D eigenvalue weighted by Gasteiger charge is 2.36. The van der Waals surface area contributed by atoms with Gasteiger partial charge >= 0.3 is 0 Å². The SMILES string of the molecule is NCCC(=O)N1CCCC2CCCC21. The van der Waals surface area contributed by atoms with E-state index in [4.69, 9.17) is 5.73 Å². The summed E-state index contributed by atoms with van der Waals surface area (Å²) in [5.74, 6) is 1.08. The number of carbonyl (C=O) groups excluding carboxylic acids is 1. The van der Waals surface area contributed by atoms with Crippen LogP contribution < -0.4 is 5.73 Å². The van der Waals surface area contributed by atoms with E-state index in [9.17, 15) is 4.79 Å². The van der Waals surface area contributed by atoms with E-state index in [2.05, 4.69) is 4.90 Å². The van der Waals surface area contributed by atoms with E-state index in [1.807, 2.05) is 0 Å². The van der Waals surface area contributed by atoms with Crippen molar-refractivity contribution in [2.45, 2.75) is 44.6 Å². The maximum Gasteiger partial charge on any atom is 0.224 e. The van der Waals surface area contributed by atoms with Crippen molar-refractivity contribution < 1.29 is 4.79 Å². The van der Waals surface area contributed by atoms with Gasteiger partial charge in [-0.2, -0.15) is 0 Å². The van der Waals surface area contributed by atoms with Crippen molar-refractivity contribution in [2.24, 2.45) is 11.7 Å². The fraction of sp³-hybridized carbons (Fsp3) is 0.909. The molecule has 0 aromatic rings. The van der Waals surface area contributed by atoms with Crippen LogP contribution in [0.5, 0.6) is 0 Å². The highest BCUT2D eigenvalue weighted by atomic mass is 16.2. The average molecular weight is 196 g/mol. The third-order valence-corrected chi connectivity index (χ3v) is 3.67. The van der Waals surface area contributed by atoms with Gasteiger partial charge in [-0.3, -0.25) is 4.79 Å². The van der Waals surface area contributed by atoms with Crippen LogP contribution in [0.25, 0.3) is 0 Å². The first-order valence-electron chi connectivity index (χ1n) is 5.82. The van der Waals surface area contributed by atoms with E-state index in [1.165, 1.54) is 32.1 Å². The zero-order chi connectivity index (χ0) is 9.97. The number of hydrogen-bond acceptors (Lipinski definition) is 2. The highest BCUT2D eigenvalue weighted by molar-refractivity contribution is 5.76. The lowest BCUT2D eigenvalue weighted by Crippen LogP contribution is -2.46. The van der Waals surface area contributed by atoms with Crippen LogP contribution in [0.1, 0.15) is 38.5 Å². The number of piperidine rings is 1. The van der Waals surface area contributed by atoms with Gasteiger partial charge in [-0.25, -0.2) is 0 Å².